The Bertz CT molecular complexity index is 1040. The number of aliphatic hydroxyl groups is 1. The van der Waals surface area contributed by atoms with Crippen molar-refractivity contribution in [2.24, 2.45) is 0 Å². The molecule has 2 aromatic rings. The van der Waals surface area contributed by atoms with Crippen molar-refractivity contribution in [3.8, 4) is 5.75 Å². The van der Waals surface area contributed by atoms with Gasteiger partial charge in [-0.05, 0) is 36.2 Å². The summed E-state index contributed by atoms with van der Waals surface area (Å²) in [6.07, 6.45) is -0.691. The molecule has 4 unspecified atom stereocenters. The van der Waals surface area contributed by atoms with Gasteiger partial charge < -0.3 is 14.9 Å². The molecule has 7 nitrogen and oxygen atoms in total. The fourth-order valence-corrected chi connectivity index (χ4v) is 5.55. The third-order valence-electron chi connectivity index (χ3n) is 5.45. The SMILES string of the molecule is O=C(O)CCc1cccc2c1OC1CC(O)C(NS(=O)(=O)c3ccc(Cl)cc3)C21. The summed E-state index contributed by atoms with van der Waals surface area (Å²) in [6.45, 7) is 0. The van der Waals surface area contributed by atoms with Gasteiger partial charge in [-0.1, -0.05) is 29.8 Å². The van der Waals surface area contributed by atoms with E-state index in [1.54, 1.807) is 6.07 Å². The predicted octanol–water partition coefficient (Wildman–Crippen LogP) is 2.31. The second-order valence-electron chi connectivity index (χ2n) is 7.32. The number of carboxylic acid groups (broad SMARTS) is 1. The first-order valence-electron chi connectivity index (χ1n) is 9.22. The third-order valence-corrected chi connectivity index (χ3v) is 7.18. The van der Waals surface area contributed by atoms with E-state index >= 15 is 0 Å². The zero-order chi connectivity index (χ0) is 20.8. The minimum absolute atomic E-state index is 0.0234. The van der Waals surface area contributed by atoms with Crippen molar-refractivity contribution in [2.75, 3.05) is 0 Å². The largest absolute Gasteiger partial charge is 0.489 e. The fraction of sp³-hybridized carbons (Fsp3) is 0.350. The van der Waals surface area contributed by atoms with E-state index in [9.17, 15) is 18.3 Å². The van der Waals surface area contributed by atoms with Crippen molar-refractivity contribution in [3.05, 3.63) is 58.6 Å². The van der Waals surface area contributed by atoms with E-state index in [1.165, 1.54) is 24.3 Å². The molecule has 0 saturated heterocycles. The number of aliphatic hydroxyl groups excluding tert-OH is 1. The van der Waals surface area contributed by atoms with Gasteiger partial charge in [-0.25, -0.2) is 13.1 Å². The molecule has 154 valence electrons. The molecule has 4 rings (SSSR count). The number of aryl methyl sites for hydroxylation is 1. The van der Waals surface area contributed by atoms with Gasteiger partial charge in [0.05, 0.1) is 17.0 Å². The van der Waals surface area contributed by atoms with Crippen LogP contribution in [0.3, 0.4) is 0 Å². The quantitative estimate of drug-likeness (QED) is 0.639. The van der Waals surface area contributed by atoms with Crippen molar-refractivity contribution in [1.82, 2.24) is 4.72 Å². The first kappa shape index (κ1) is 20.2. The number of ether oxygens (including phenoxy) is 1. The number of aliphatic carboxylic acids is 1. The minimum Gasteiger partial charge on any atom is -0.489 e. The van der Waals surface area contributed by atoms with Gasteiger partial charge in [0.1, 0.15) is 11.9 Å². The van der Waals surface area contributed by atoms with Gasteiger partial charge in [0.25, 0.3) is 0 Å². The second kappa shape index (κ2) is 7.60. The minimum atomic E-state index is -3.87. The first-order chi connectivity index (χ1) is 13.8. The number of carbonyl (C=O) groups is 1. The number of nitrogens with one attached hydrogen (secondary N) is 1. The van der Waals surface area contributed by atoms with E-state index in [-0.39, 0.29) is 29.8 Å². The van der Waals surface area contributed by atoms with Crippen LogP contribution >= 0.6 is 11.6 Å². The molecular formula is C20H20ClNO6S. The van der Waals surface area contributed by atoms with Gasteiger partial charge in [-0.3, -0.25) is 4.79 Å². The lowest BCUT2D eigenvalue weighted by Crippen LogP contribution is -2.43. The highest BCUT2D eigenvalue weighted by atomic mass is 35.5. The van der Waals surface area contributed by atoms with Gasteiger partial charge in [-0.15, -0.1) is 0 Å². The van der Waals surface area contributed by atoms with Crippen LogP contribution in [-0.2, 0) is 21.2 Å². The number of benzene rings is 2. The Morgan fingerprint density at radius 2 is 1.93 bits per heavy atom. The summed E-state index contributed by atoms with van der Waals surface area (Å²) >= 11 is 5.84. The van der Waals surface area contributed by atoms with Gasteiger partial charge in [0, 0.05) is 29.3 Å². The van der Waals surface area contributed by atoms with E-state index in [1.807, 2.05) is 12.1 Å². The molecule has 4 atom stereocenters. The molecule has 9 heteroatoms. The van der Waals surface area contributed by atoms with Crippen LogP contribution in [0.4, 0.5) is 0 Å². The number of carboxylic acids is 1. The van der Waals surface area contributed by atoms with Crippen LogP contribution in [-0.4, -0.2) is 42.8 Å². The normalized spacial score (nSPS) is 25.3. The monoisotopic (exact) mass is 437 g/mol. The highest BCUT2D eigenvalue weighted by Gasteiger charge is 2.51. The molecule has 0 amide bonds. The van der Waals surface area contributed by atoms with Gasteiger partial charge in [0.15, 0.2) is 0 Å². The van der Waals surface area contributed by atoms with Gasteiger partial charge in [-0.2, -0.15) is 0 Å². The first-order valence-corrected chi connectivity index (χ1v) is 11.1. The maximum absolute atomic E-state index is 12.8. The number of para-hydroxylation sites is 1. The Morgan fingerprint density at radius 1 is 1.21 bits per heavy atom. The van der Waals surface area contributed by atoms with E-state index < -0.39 is 28.1 Å². The molecule has 2 aromatic carbocycles. The summed E-state index contributed by atoms with van der Waals surface area (Å²) in [4.78, 5) is 11.0. The average Bonchev–Trinajstić information content (AvgIpc) is 3.16. The summed E-state index contributed by atoms with van der Waals surface area (Å²) in [5, 5.41) is 19.9. The second-order valence-corrected chi connectivity index (χ2v) is 9.47. The number of hydrogen-bond donors (Lipinski definition) is 3. The van der Waals surface area contributed by atoms with Crippen LogP contribution in [0.15, 0.2) is 47.4 Å². The molecule has 0 spiro atoms. The summed E-state index contributed by atoms with van der Waals surface area (Å²) in [6, 6.07) is 10.5. The van der Waals surface area contributed by atoms with Crippen LogP contribution in [0, 0.1) is 0 Å². The van der Waals surface area contributed by atoms with E-state index in [0.717, 1.165) is 11.1 Å². The summed E-state index contributed by atoms with van der Waals surface area (Å²) in [5.74, 6) is -0.650. The molecule has 1 aliphatic carbocycles. The Kier molecular flexibility index (Phi) is 5.29. The Hall–Kier alpha value is -2.13. The summed E-state index contributed by atoms with van der Waals surface area (Å²) < 4.78 is 34.3. The summed E-state index contributed by atoms with van der Waals surface area (Å²) in [7, 11) is -3.87. The van der Waals surface area contributed by atoms with Crippen molar-refractivity contribution in [1.29, 1.82) is 0 Å². The number of rotatable bonds is 6. The third kappa shape index (κ3) is 3.85. The van der Waals surface area contributed by atoms with E-state index in [4.69, 9.17) is 21.4 Å². The molecule has 1 saturated carbocycles. The molecule has 3 N–H and O–H groups in total. The maximum atomic E-state index is 12.8. The molecule has 29 heavy (non-hydrogen) atoms. The molecule has 1 heterocycles. The highest BCUT2D eigenvalue weighted by Crippen LogP contribution is 2.49. The lowest BCUT2D eigenvalue weighted by molar-refractivity contribution is -0.136. The fourth-order valence-electron chi connectivity index (χ4n) is 4.13. The van der Waals surface area contributed by atoms with Crippen LogP contribution in [0.5, 0.6) is 5.75 Å². The van der Waals surface area contributed by atoms with Gasteiger partial charge >= 0.3 is 5.97 Å². The lowest BCUT2D eigenvalue weighted by atomic mass is 9.92. The topological polar surface area (TPSA) is 113 Å². The number of fused-ring (bicyclic) bond motifs is 3. The zero-order valence-electron chi connectivity index (χ0n) is 15.3. The molecule has 1 fully saturated rings. The van der Waals surface area contributed by atoms with Crippen LogP contribution in [0.25, 0.3) is 0 Å². The standard InChI is InChI=1S/C20H20ClNO6S/c21-12-5-7-13(8-6-12)29(26,27)22-19-15(23)10-16-18(19)14-3-1-2-11(20(14)28-16)4-9-17(24)25/h1-3,5-8,15-16,18-19,22-23H,4,9-10H2,(H,24,25). The average molecular weight is 438 g/mol. The van der Waals surface area contributed by atoms with Crippen molar-refractivity contribution in [3.63, 3.8) is 0 Å². The highest BCUT2D eigenvalue weighted by molar-refractivity contribution is 7.89. The van der Waals surface area contributed by atoms with Gasteiger partial charge in [0.2, 0.25) is 10.0 Å². The van der Waals surface area contributed by atoms with Crippen molar-refractivity contribution >= 4 is 27.6 Å². The summed E-state index contributed by atoms with van der Waals surface area (Å²) in [5.41, 5.74) is 1.56. The maximum Gasteiger partial charge on any atom is 0.303 e. The Balaban J connectivity index is 1.62. The molecule has 0 aromatic heterocycles. The van der Waals surface area contributed by atoms with Crippen molar-refractivity contribution in [2.45, 2.75) is 48.3 Å². The van der Waals surface area contributed by atoms with Crippen LogP contribution in [0.1, 0.15) is 29.9 Å². The van der Waals surface area contributed by atoms with E-state index in [2.05, 4.69) is 4.72 Å². The van der Waals surface area contributed by atoms with Crippen LogP contribution in [0.2, 0.25) is 5.02 Å². The number of hydrogen-bond acceptors (Lipinski definition) is 5. The molecule has 2 aliphatic rings. The van der Waals surface area contributed by atoms with Crippen molar-refractivity contribution < 1.29 is 28.2 Å². The molecule has 0 radical (unpaired) electrons. The Morgan fingerprint density at radius 3 is 2.62 bits per heavy atom. The lowest BCUT2D eigenvalue weighted by Gasteiger charge is -2.22. The molecule has 0 bridgehead atoms. The predicted molar refractivity (Wildman–Crippen MR) is 106 cm³/mol. The zero-order valence-corrected chi connectivity index (χ0v) is 16.9. The smallest absolute Gasteiger partial charge is 0.303 e. The molecule has 1 aliphatic heterocycles. The number of sulfonamides is 1. The van der Waals surface area contributed by atoms with E-state index in [0.29, 0.717) is 17.2 Å². The van der Waals surface area contributed by atoms with Crippen LogP contribution < -0.4 is 9.46 Å². The molecular weight excluding hydrogens is 418 g/mol. The number of halogens is 1. The Labute approximate surface area is 173 Å².